The fourth-order valence-electron chi connectivity index (χ4n) is 1.52. The molecule has 0 aliphatic heterocycles. The summed E-state index contributed by atoms with van der Waals surface area (Å²) in [7, 11) is 4.16. The van der Waals surface area contributed by atoms with Gasteiger partial charge in [0.1, 0.15) is 6.54 Å². The van der Waals surface area contributed by atoms with Crippen molar-refractivity contribution in [2.24, 2.45) is 0 Å². The first kappa shape index (κ1) is 19.7. The average molecular weight is 320 g/mol. The van der Waals surface area contributed by atoms with Crippen LogP contribution in [-0.4, -0.2) is 78.0 Å². The highest BCUT2D eigenvalue weighted by molar-refractivity contribution is 7.50. The van der Waals surface area contributed by atoms with Gasteiger partial charge in [-0.1, -0.05) is 0 Å². The normalized spacial score (nSPS) is 13.9. The Kier molecular flexibility index (Phi) is 8.36. The Labute approximate surface area is 125 Å². The van der Waals surface area contributed by atoms with Gasteiger partial charge >= 0.3 is 11.9 Å². The van der Waals surface area contributed by atoms with Gasteiger partial charge < -0.3 is 24.7 Å². The molecule has 0 aliphatic carbocycles. The van der Waals surface area contributed by atoms with Gasteiger partial charge in [0.05, 0.1) is 45.9 Å². The second-order valence-corrected chi connectivity index (χ2v) is 7.23. The zero-order valence-electron chi connectivity index (χ0n) is 12.6. The van der Waals surface area contributed by atoms with Gasteiger partial charge in [0, 0.05) is 19.4 Å². The van der Waals surface area contributed by atoms with Crippen molar-refractivity contribution in [3.05, 3.63) is 11.1 Å². The van der Waals surface area contributed by atoms with Crippen LogP contribution in [0.2, 0.25) is 0 Å². The molecule has 0 saturated carbocycles. The highest BCUT2D eigenvalue weighted by Crippen LogP contribution is 2.17. The van der Waals surface area contributed by atoms with E-state index in [1.54, 1.807) is 0 Å². The molecule has 120 valence electrons. The van der Waals surface area contributed by atoms with Crippen molar-refractivity contribution < 1.29 is 34.3 Å². The van der Waals surface area contributed by atoms with Crippen molar-refractivity contribution in [1.82, 2.24) is 0 Å². The molecule has 0 rings (SSSR count). The zero-order chi connectivity index (χ0) is 16.6. The number of aliphatic hydroxyl groups is 1. The lowest BCUT2D eigenvalue weighted by Gasteiger charge is -2.22. The number of carboxylic acids is 2. The molecule has 8 heteroatoms. The third-order valence-corrected chi connectivity index (χ3v) is 3.96. The first-order valence-electron chi connectivity index (χ1n) is 6.45. The Hall–Kier alpha value is -1.27. The van der Waals surface area contributed by atoms with Crippen LogP contribution >= 0.6 is 7.77 Å². The van der Waals surface area contributed by atoms with Gasteiger partial charge in [-0.25, -0.2) is 9.59 Å². The lowest BCUT2D eigenvalue weighted by atomic mass is 10.0. The molecule has 0 fully saturated rings. The van der Waals surface area contributed by atoms with Crippen LogP contribution in [0.15, 0.2) is 11.1 Å². The van der Waals surface area contributed by atoms with E-state index in [-0.39, 0.29) is 24.0 Å². The number of carbonyl (C=O) groups is 2. The molecule has 3 N–H and O–H groups in total. The van der Waals surface area contributed by atoms with E-state index in [1.807, 2.05) is 21.1 Å². The molecule has 0 saturated heterocycles. The molecular formula is C13H23NO6P+. The Morgan fingerprint density at radius 1 is 1.14 bits per heavy atom. The molecule has 0 aromatic carbocycles. The molecular weight excluding hydrogens is 297 g/mol. The van der Waals surface area contributed by atoms with Crippen LogP contribution in [0.4, 0.5) is 0 Å². The summed E-state index contributed by atoms with van der Waals surface area (Å²) in [6.07, 6.45) is -0.0298. The largest absolute Gasteiger partial charge is 0.631 e. The van der Waals surface area contributed by atoms with E-state index in [9.17, 15) is 14.5 Å². The lowest BCUT2D eigenvalue weighted by molar-refractivity contribution is -0.867. The number of carboxylic acid groups (broad SMARTS) is 2. The summed E-state index contributed by atoms with van der Waals surface area (Å²) < 4.78 is 0.640. The summed E-state index contributed by atoms with van der Waals surface area (Å²) in [6.45, 7) is 0.215. The predicted molar refractivity (Wildman–Crippen MR) is 79.4 cm³/mol. The molecule has 0 spiro atoms. The van der Waals surface area contributed by atoms with Gasteiger partial charge in [-0.15, -0.1) is 0 Å². The summed E-state index contributed by atoms with van der Waals surface area (Å²) in [5, 5.41) is 26.9. The van der Waals surface area contributed by atoms with Crippen molar-refractivity contribution in [2.45, 2.75) is 12.8 Å². The SMILES string of the molecule is C[N+](C)(C)CC[P+]([O-])=CC/C(C(=O)O)=C(\CCO)C(=O)O. The second-order valence-electron chi connectivity index (χ2n) is 5.58. The summed E-state index contributed by atoms with van der Waals surface area (Å²) in [5.74, 6) is -1.40. The number of aliphatic carboxylic acids is 2. The smallest absolute Gasteiger partial charge is 0.332 e. The second kappa shape index (κ2) is 8.89. The third kappa shape index (κ3) is 8.57. The van der Waals surface area contributed by atoms with Crippen molar-refractivity contribution in [3.8, 4) is 0 Å². The summed E-state index contributed by atoms with van der Waals surface area (Å²) >= 11 is 0. The highest BCUT2D eigenvalue weighted by atomic mass is 31.1. The van der Waals surface area contributed by atoms with E-state index < -0.39 is 26.3 Å². The molecule has 21 heavy (non-hydrogen) atoms. The van der Waals surface area contributed by atoms with Crippen LogP contribution in [0.25, 0.3) is 0 Å². The quantitative estimate of drug-likeness (QED) is 0.299. The highest BCUT2D eigenvalue weighted by Gasteiger charge is 2.20. The fourth-order valence-corrected chi connectivity index (χ4v) is 2.89. The molecule has 1 atom stereocenters. The van der Waals surface area contributed by atoms with Crippen LogP contribution < -0.4 is 4.89 Å². The molecule has 0 amide bonds. The Morgan fingerprint density at radius 2 is 1.67 bits per heavy atom. The van der Waals surface area contributed by atoms with Crippen LogP contribution in [-0.2, 0) is 9.59 Å². The van der Waals surface area contributed by atoms with Crippen LogP contribution in [0.5, 0.6) is 0 Å². The van der Waals surface area contributed by atoms with Crippen molar-refractivity contribution in [3.63, 3.8) is 0 Å². The minimum absolute atomic E-state index is 0.191. The fraction of sp³-hybridized carbons (Fsp3) is 0.615. The molecule has 0 heterocycles. The molecule has 0 radical (unpaired) electrons. The van der Waals surface area contributed by atoms with E-state index in [4.69, 9.17) is 15.3 Å². The maximum absolute atomic E-state index is 11.8. The van der Waals surface area contributed by atoms with Crippen LogP contribution in [0.1, 0.15) is 12.8 Å². The molecule has 7 nitrogen and oxygen atoms in total. The summed E-state index contributed by atoms with van der Waals surface area (Å²) in [4.78, 5) is 34.0. The monoisotopic (exact) mass is 320 g/mol. The van der Waals surface area contributed by atoms with E-state index in [0.717, 1.165) is 0 Å². The first-order chi connectivity index (χ1) is 9.58. The van der Waals surface area contributed by atoms with Crippen LogP contribution in [0, 0.1) is 0 Å². The van der Waals surface area contributed by atoms with Gasteiger partial charge in [0.2, 0.25) is 0 Å². The maximum atomic E-state index is 11.8. The molecule has 0 aliphatic rings. The Balaban J connectivity index is 5.06. The molecule has 0 aromatic heterocycles. The molecule has 0 aromatic rings. The van der Waals surface area contributed by atoms with Gasteiger partial charge in [-0.2, -0.15) is 0 Å². The van der Waals surface area contributed by atoms with Gasteiger partial charge in [-0.3, -0.25) is 0 Å². The number of rotatable bonds is 9. The van der Waals surface area contributed by atoms with E-state index in [1.165, 1.54) is 5.80 Å². The molecule has 0 bridgehead atoms. The minimum atomic E-state index is -1.70. The standard InChI is InChI=1S/C13H22NO6P/c1-14(2,3)6-9-21(20)8-5-11(13(18)19)10(4-7-15)12(16)17/h8,15H,4-7,9H2,1-3H3,(H-,16,17,18,19)/p+1/b11-10-. The van der Waals surface area contributed by atoms with Crippen molar-refractivity contribution >= 4 is 25.5 Å². The Bertz CT molecular complexity index is 450. The van der Waals surface area contributed by atoms with Gasteiger partial charge in [-0.05, 0) is 0 Å². The average Bonchev–Trinajstić information content (AvgIpc) is 2.33. The predicted octanol–water partition coefficient (Wildman–Crippen LogP) is -0.510. The summed E-state index contributed by atoms with van der Waals surface area (Å²) in [6, 6.07) is 0. The van der Waals surface area contributed by atoms with E-state index >= 15 is 0 Å². The lowest BCUT2D eigenvalue weighted by Crippen LogP contribution is -2.36. The number of nitrogens with zero attached hydrogens (tertiary/aromatic N) is 1. The maximum Gasteiger partial charge on any atom is 0.332 e. The van der Waals surface area contributed by atoms with E-state index in [0.29, 0.717) is 17.2 Å². The first-order valence-corrected chi connectivity index (χ1v) is 7.97. The summed E-state index contributed by atoms with van der Waals surface area (Å²) in [5.41, 5.74) is -0.679. The zero-order valence-corrected chi connectivity index (χ0v) is 13.5. The molecule has 1 unspecified atom stereocenters. The number of hydrogen-bond donors (Lipinski definition) is 3. The van der Waals surface area contributed by atoms with Crippen LogP contribution in [0.3, 0.4) is 0 Å². The van der Waals surface area contributed by atoms with Crippen molar-refractivity contribution in [2.75, 3.05) is 40.5 Å². The number of quaternary nitrogens is 1. The van der Waals surface area contributed by atoms with E-state index in [2.05, 4.69) is 0 Å². The number of aliphatic hydroxyl groups excluding tert-OH is 1. The van der Waals surface area contributed by atoms with Gasteiger partial charge in [0.25, 0.3) is 0 Å². The van der Waals surface area contributed by atoms with Gasteiger partial charge in [0.15, 0.2) is 6.16 Å². The number of hydrogen-bond acceptors (Lipinski definition) is 4. The minimum Gasteiger partial charge on any atom is -0.631 e. The third-order valence-electron chi connectivity index (χ3n) is 2.73. The Morgan fingerprint density at radius 3 is 2.05 bits per heavy atom. The van der Waals surface area contributed by atoms with Crippen molar-refractivity contribution in [1.29, 1.82) is 0 Å². The topological polar surface area (TPSA) is 118 Å².